The molecule has 0 atom stereocenters. The summed E-state index contributed by atoms with van der Waals surface area (Å²) >= 11 is 0. The van der Waals surface area contributed by atoms with Gasteiger partial charge in [0, 0.05) is 6.92 Å². The van der Waals surface area contributed by atoms with Crippen LogP contribution in [0.4, 0.5) is 8.78 Å². The third-order valence-corrected chi connectivity index (χ3v) is 0.898. The molecule has 0 aromatic rings. The normalized spacial score (nSPS) is 21.4. The van der Waals surface area contributed by atoms with Gasteiger partial charge in [0.1, 0.15) is 0 Å². The topological polar surface area (TPSA) is 9.23 Å². The minimum atomic E-state index is -2.92. The zero-order chi connectivity index (χ0) is 6.20. The van der Waals surface area contributed by atoms with Gasteiger partial charge in [-0.1, -0.05) is 0 Å². The van der Waals surface area contributed by atoms with E-state index in [1.54, 1.807) is 0 Å². The first-order chi connectivity index (χ1) is 3.58. The van der Waals surface area contributed by atoms with Crippen molar-refractivity contribution in [3.8, 4) is 0 Å². The van der Waals surface area contributed by atoms with Crippen molar-refractivity contribution in [2.75, 3.05) is 0 Å². The molecule has 0 amide bonds. The molecule has 1 nitrogen and oxygen atoms in total. The highest BCUT2D eigenvalue weighted by molar-refractivity contribution is 4.74. The molecular formula is C5H8F2O. The van der Waals surface area contributed by atoms with E-state index in [-0.39, 0.29) is 6.10 Å². The lowest BCUT2D eigenvalue weighted by molar-refractivity contribution is -0.230. The van der Waals surface area contributed by atoms with E-state index < -0.39 is 6.11 Å². The molecule has 0 heterocycles. The van der Waals surface area contributed by atoms with E-state index in [0.29, 0.717) is 0 Å². The smallest absolute Gasteiger partial charge is 0.317 e. The molecule has 0 radical (unpaired) electrons. The van der Waals surface area contributed by atoms with Crippen molar-refractivity contribution in [2.24, 2.45) is 0 Å². The first-order valence-corrected chi connectivity index (χ1v) is 2.63. The average molecular weight is 122 g/mol. The van der Waals surface area contributed by atoms with E-state index in [4.69, 9.17) is 0 Å². The predicted molar refractivity (Wildman–Crippen MR) is 24.7 cm³/mol. The van der Waals surface area contributed by atoms with E-state index in [2.05, 4.69) is 4.74 Å². The Morgan fingerprint density at radius 1 is 1.50 bits per heavy atom. The van der Waals surface area contributed by atoms with Crippen LogP contribution in [0.15, 0.2) is 0 Å². The lowest BCUT2D eigenvalue weighted by Gasteiger charge is -2.08. The van der Waals surface area contributed by atoms with E-state index in [0.717, 1.165) is 19.8 Å². The van der Waals surface area contributed by atoms with Crippen LogP contribution >= 0.6 is 0 Å². The van der Waals surface area contributed by atoms with E-state index in [9.17, 15) is 8.78 Å². The lowest BCUT2D eigenvalue weighted by Crippen LogP contribution is -2.16. The SMILES string of the molecule is CC(F)(F)OC1CC1. The molecule has 0 aliphatic heterocycles. The number of halogens is 2. The zero-order valence-electron chi connectivity index (χ0n) is 4.66. The van der Waals surface area contributed by atoms with E-state index in [1.807, 2.05) is 0 Å². The van der Waals surface area contributed by atoms with Gasteiger partial charge in [-0.3, -0.25) is 0 Å². The Bertz CT molecular complexity index is 82.9. The van der Waals surface area contributed by atoms with Crippen molar-refractivity contribution < 1.29 is 13.5 Å². The van der Waals surface area contributed by atoms with Crippen LogP contribution in [0.5, 0.6) is 0 Å². The molecule has 8 heavy (non-hydrogen) atoms. The Labute approximate surface area is 46.6 Å². The molecule has 0 saturated heterocycles. The first-order valence-electron chi connectivity index (χ1n) is 2.63. The maximum Gasteiger partial charge on any atom is 0.353 e. The average Bonchev–Trinajstić information content (AvgIpc) is 2.12. The molecule has 0 bridgehead atoms. The van der Waals surface area contributed by atoms with Crippen molar-refractivity contribution in [2.45, 2.75) is 32.0 Å². The van der Waals surface area contributed by atoms with Crippen molar-refractivity contribution in [3.63, 3.8) is 0 Å². The van der Waals surface area contributed by atoms with Crippen LogP contribution in [-0.2, 0) is 4.74 Å². The summed E-state index contributed by atoms with van der Waals surface area (Å²) in [6.45, 7) is 0.769. The fraction of sp³-hybridized carbons (Fsp3) is 1.00. The summed E-state index contributed by atoms with van der Waals surface area (Å²) in [6, 6.07) is 0. The second kappa shape index (κ2) is 1.65. The minimum absolute atomic E-state index is 0.157. The van der Waals surface area contributed by atoms with Crippen molar-refractivity contribution >= 4 is 0 Å². The van der Waals surface area contributed by atoms with Gasteiger partial charge in [0.25, 0.3) is 0 Å². The molecule has 0 spiro atoms. The Morgan fingerprint density at radius 3 is 2.12 bits per heavy atom. The minimum Gasteiger partial charge on any atom is -0.317 e. The molecule has 1 rings (SSSR count). The molecule has 1 aliphatic carbocycles. The largest absolute Gasteiger partial charge is 0.353 e. The molecule has 1 aliphatic rings. The number of ether oxygens (including phenoxy) is 1. The summed E-state index contributed by atoms with van der Waals surface area (Å²) in [7, 11) is 0. The summed E-state index contributed by atoms with van der Waals surface area (Å²) in [5.41, 5.74) is 0. The van der Waals surface area contributed by atoms with E-state index in [1.165, 1.54) is 0 Å². The highest BCUT2D eigenvalue weighted by Crippen LogP contribution is 2.30. The van der Waals surface area contributed by atoms with Crippen LogP contribution in [0, 0.1) is 0 Å². The second-order valence-electron chi connectivity index (χ2n) is 2.13. The Hall–Kier alpha value is -0.180. The molecule has 0 unspecified atom stereocenters. The second-order valence-corrected chi connectivity index (χ2v) is 2.13. The molecule has 0 aromatic carbocycles. The molecule has 3 heteroatoms. The Morgan fingerprint density at radius 2 is 2.00 bits per heavy atom. The molecule has 48 valence electrons. The van der Waals surface area contributed by atoms with Crippen LogP contribution in [0.2, 0.25) is 0 Å². The van der Waals surface area contributed by atoms with Crippen molar-refractivity contribution in [1.82, 2.24) is 0 Å². The Balaban J connectivity index is 2.16. The van der Waals surface area contributed by atoms with E-state index >= 15 is 0 Å². The standard InChI is InChI=1S/C5H8F2O/c1-5(6,7)8-4-2-3-4/h4H,2-3H2,1H3. The summed E-state index contributed by atoms with van der Waals surface area (Å²) in [6.07, 6.45) is -1.48. The van der Waals surface area contributed by atoms with Gasteiger partial charge < -0.3 is 4.74 Å². The van der Waals surface area contributed by atoms with Gasteiger partial charge in [-0.25, -0.2) is 0 Å². The highest BCUT2D eigenvalue weighted by atomic mass is 19.3. The van der Waals surface area contributed by atoms with Crippen LogP contribution in [0.3, 0.4) is 0 Å². The Kier molecular flexibility index (Phi) is 1.23. The van der Waals surface area contributed by atoms with Gasteiger partial charge in [0.05, 0.1) is 6.10 Å². The monoisotopic (exact) mass is 122 g/mol. The number of rotatable bonds is 2. The quantitative estimate of drug-likeness (QED) is 0.542. The van der Waals surface area contributed by atoms with Crippen molar-refractivity contribution in [1.29, 1.82) is 0 Å². The fourth-order valence-corrected chi connectivity index (χ4v) is 0.479. The summed E-state index contributed by atoms with van der Waals surface area (Å²) in [5.74, 6) is 0. The molecular weight excluding hydrogens is 114 g/mol. The zero-order valence-corrected chi connectivity index (χ0v) is 4.66. The summed E-state index contributed by atoms with van der Waals surface area (Å²) in [5, 5.41) is 0. The van der Waals surface area contributed by atoms with Gasteiger partial charge in [0.15, 0.2) is 0 Å². The number of alkyl halides is 2. The summed E-state index contributed by atoms with van der Waals surface area (Å²) < 4.78 is 27.8. The van der Waals surface area contributed by atoms with Gasteiger partial charge in [-0.05, 0) is 12.8 Å². The van der Waals surface area contributed by atoms with Crippen LogP contribution in [0.1, 0.15) is 19.8 Å². The van der Waals surface area contributed by atoms with Gasteiger partial charge in [-0.2, -0.15) is 8.78 Å². The van der Waals surface area contributed by atoms with Crippen LogP contribution < -0.4 is 0 Å². The third kappa shape index (κ3) is 2.21. The van der Waals surface area contributed by atoms with Crippen molar-refractivity contribution in [3.05, 3.63) is 0 Å². The highest BCUT2D eigenvalue weighted by Gasteiger charge is 2.33. The lowest BCUT2D eigenvalue weighted by atomic mass is 10.7. The maximum absolute atomic E-state index is 11.8. The summed E-state index contributed by atoms with van der Waals surface area (Å²) in [4.78, 5) is 0. The van der Waals surface area contributed by atoms with Crippen LogP contribution in [-0.4, -0.2) is 12.2 Å². The predicted octanol–water partition coefficient (Wildman–Crippen LogP) is 1.78. The first kappa shape index (κ1) is 5.95. The fourth-order valence-electron chi connectivity index (χ4n) is 0.479. The van der Waals surface area contributed by atoms with Gasteiger partial charge in [0.2, 0.25) is 0 Å². The molecule has 0 aromatic heterocycles. The molecule has 0 N–H and O–H groups in total. The van der Waals surface area contributed by atoms with Gasteiger partial charge in [-0.15, -0.1) is 0 Å². The molecule has 1 fully saturated rings. The number of hydrogen-bond acceptors (Lipinski definition) is 1. The van der Waals surface area contributed by atoms with Crippen LogP contribution in [0.25, 0.3) is 0 Å². The molecule has 1 saturated carbocycles. The number of hydrogen-bond donors (Lipinski definition) is 0. The van der Waals surface area contributed by atoms with Gasteiger partial charge >= 0.3 is 6.11 Å². The third-order valence-electron chi connectivity index (χ3n) is 0.898. The maximum atomic E-state index is 11.8.